The molecule has 2 rings (SSSR count). The average Bonchev–Trinajstić information content (AvgIpc) is 2.84. The van der Waals surface area contributed by atoms with Gasteiger partial charge in [0.05, 0.1) is 4.91 Å². The molecule has 0 atom stereocenters. The van der Waals surface area contributed by atoms with Crippen molar-refractivity contribution in [2.45, 2.75) is 46.7 Å². The third-order valence-electron chi connectivity index (χ3n) is 2.89. The molecule has 1 aromatic heterocycles. The van der Waals surface area contributed by atoms with Crippen LogP contribution in [0.1, 0.15) is 38.1 Å². The van der Waals surface area contributed by atoms with E-state index >= 15 is 0 Å². The minimum Gasteiger partial charge on any atom is -0.284 e. The zero-order valence-electron chi connectivity index (χ0n) is 12.5. The maximum Gasteiger partial charge on any atom is 0.267 e. The van der Waals surface area contributed by atoms with Gasteiger partial charge in [-0.3, -0.25) is 14.7 Å². The first-order valence-corrected chi connectivity index (χ1v) is 8.44. The van der Waals surface area contributed by atoms with Crippen LogP contribution in [-0.2, 0) is 4.79 Å². The topological polar surface area (TPSA) is 32.7 Å². The third-order valence-corrected chi connectivity index (χ3v) is 4.85. The fraction of sp³-hybridized carbons (Fsp3) is 0.467. The number of thiophene rings is 1. The lowest BCUT2D eigenvalue weighted by Gasteiger charge is -2.20. The molecule has 1 aromatic rings. The van der Waals surface area contributed by atoms with Gasteiger partial charge in [-0.15, -0.1) is 11.3 Å². The van der Waals surface area contributed by atoms with Gasteiger partial charge in [0, 0.05) is 17.0 Å². The molecule has 1 amide bonds. The molecule has 3 nitrogen and oxygen atoms in total. The van der Waals surface area contributed by atoms with Gasteiger partial charge < -0.3 is 0 Å². The van der Waals surface area contributed by atoms with Gasteiger partial charge in [0.1, 0.15) is 0 Å². The van der Waals surface area contributed by atoms with Crippen LogP contribution in [0.3, 0.4) is 0 Å². The molecule has 2 heterocycles. The molecule has 1 aliphatic rings. The minimum atomic E-state index is 0.0669. The van der Waals surface area contributed by atoms with Crippen molar-refractivity contribution in [3.8, 4) is 0 Å². The maximum atomic E-state index is 12.5. The molecule has 5 heteroatoms. The van der Waals surface area contributed by atoms with Crippen molar-refractivity contribution >= 4 is 40.2 Å². The monoisotopic (exact) mass is 308 g/mol. The summed E-state index contributed by atoms with van der Waals surface area (Å²) in [4.78, 5) is 20.8. The molecule has 0 aromatic carbocycles. The molecule has 108 valence electrons. The van der Waals surface area contributed by atoms with E-state index in [0.29, 0.717) is 0 Å². The van der Waals surface area contributed by atoms with Crippen LogP contribution in [0, 0.1) is 6.92 Å². The smallest absolute Gasteiger partial charge is 0.267 e. The molecule has 1 fully saturated rings. The Morgan fingerprint density at radius 1 is 1.30 bits per heavy atom. The summed E-state index contributed by atoms with van der Waals surface area (Å²) < 4.78 is 0. The van der Waals surface area contributed by atoms with Crippen LogP contribution in [0.2, 0.25) is 0 Å². The fourth-order valence-electron chi connectivity index (χ4n) is 1.90. The highest BCUT2D eigenvalue weighted by Crippen LogP contribution is 2.35. The number of rotatable bonds is 3. The number of thioether (sulfide) groups is 1. The number of aryl methyl sites for hydroxylation is 1. The van der Waals surface area contributed by atoms with Crippen molar-refractivity contribution in [2.24, 2.45) is 4.99 Å². The number of nitrogens with zero attached hydrogens (tertiary/aromatic N) is 2. The number of carbonyl (C=O) groups is 1. The Labute approximate surface area is 128 Å². The predicted octanol–water partition coefficient (Wildman–Crippen LogP) is 4.15. The van der Waals surface area contributed by atoms with Crippen LogP contribution in [0.4, 0.5) is 0 Å². The van der Waals surface area contributed by atoms with Gasteiger partial charge in [-0.1, -0.05) is 0 Å². The maximum absolute atomic E-state index is 12.5. The van der Waals surface area contributed by atoms with Gasteiger partial charge in [0.25, 0.3) is 5.91 Å². The van der Waals surface area contributed by atoms with Crippen molar-refractivity contribution in [2.75, 3.05) is 0 Å². The second-order valence-corrected chi connectivity index (χ2v) is 7.31. The van der Waals surface area contributed by atoms with Crippen molar-refractivity contribution < 1.29 is 4.79 Å². The summed E-state index contributed by atoms with van der Waals surface area (Å²) in [5, 5.41) is 2.87. The first-order chi connectivity index (χ1) is 9.40. The summed E-state index contributed by atoms with van der Waals surface area (Å²) in [5.41, 5.74) is 1.21. The Bertz CT molecular complexity index is 570. The van der Waals surface area contributed by atoms with Crippen LogP contribution >= 0.6 is 23.1 Å². The number of hydrogen-bond acceptors (Lipinski definition) is 4. The molecule has 0 saturated carbocycles. The zero-order valence-corrected chi connectivity index (χ0v) is 14.1. The van der Waals surface area contributed by atoms with Crippen molar-refractivity contribution in [1.82, 2.24) is 4.90 Å². The third kappa shape index (κ3) is 3.15. The van der Waals surface area contributed by atoms with E-state index < -0.39 is 0 Å². The molecular weight excluding hydrogens is 288 g/mol. The van der Waals surface area contributed by atoms with E-state index in [1.54, 1.807) is 16.2 Å². The van der Waals surface area contributed by atoms with Crippen molar-refractivity contribution in [3.05, 3.63) is 26.8 Å². The number of hydrogen-bond donors (Lipinski definition) is 0. The van der Waals surface area contributed by atoms with Crippen molar-refractivity contribution in [1.29, 1.82) is 0 Å². The Morgan fingerprint density at radius 2 is 2.00 bits per heavy atom. The second-order valence-electron chi connectivity index (χ2n) is 5.35. The summed E-state index contributed by atoms with van der Waals surface area (Å²) in [6, 6.07) is 2.39. The predicted molar refractivity (Wildman–Crippen MR) is 89.2 cm³/mol. The van der Waals surface area contributed by atoms with E-state index in [1.165, 1.54) is 17.3 Å². The van der Waals surface area contributed by atoms with Crippen molar-refractivity contribution in [3.63, 3.8) is 0 Å². The highest BCUT2D eigenvalue weighted by molar-refractivity contribution is 8.18. The van der Waals surface area contributed by atoms with E-state index in [1.807, 2.05) is 33.8 Å². The molecule has 0 aliphatic carbocycles. The van der Waals surface area contributed by atoms with Gasteiger partial charge in [0.2, 0.25) is 0 Å². The number of amides is 1. The van der Waals surface area contributed by atoms with E-state index in [-0.39, 0.29) is 18.0 Å². The fourth-order valence-corrected chi connectivity index (χ4v) is 4.05. The van der Waals surface area contributed by atoms with E-state index in [2.05, 4.69) is 23.4 Å². The first-order valence-electron chi connectivity index (χ1n) is 6.75. The minimum absolute atomic E-state index is 0.0669. The largest absolute Gasteiger partial charge is 0.284 e. The van der Waals surface area contributed by atoms with Gasteiger partial charge in [-0.2, -0.15) is 0 Å². The highest BCUT2D eigenvalue weighted by atomic mass is 32.2. The SMILES string of the molecule is Cc1ccsc1/C=C1/SC(=NC(C)C)N(C(C)C)C1=O. The van der Waals surface area contributed by atoms with Gasteiger partial charge >= 0.3 is 0 Å². The lowest BCUT2D eigenvalue weighted by atomic mass is 10.2. The molecule has 0 spiro atoms. The Kier molecular flexibility index (Phi) is 4.70. The molecule has 0 unspecified atom stereocenters. The highest BCUT2D eigenvalue weighted by Gasteiger charge is 2.35. The normalized spacial score (nSPS) is 20.1. The lowest BCUT2D eigenvalue weighted by Crippen LogP contribution is -2.35. The standard InChI is InChI=1S/C15H20N2OS2/c1-9(2)16-15-17(10(3)4)14(18)13(20-15)8-12-11(5)6-7-19-12/h6-10H,1-5H3/b13-8+,16-15?. The summed E-state index contributed by atoms with van der Waals surface area (Å²) >= 11 is 3.15. The summed E-state index contributed by atoms with van der Waals surface area (Å²) in [7, 11) is 0. The lowest BCUT2D eigenvalue weighted by molar-refractivity contribution is -0.123. The van der Waals surface area contributed by atoms with Crippen LogP contribution in [0.15, 0.2) is 21.3 Å². The molecule has 1 saturated heterocycles. The van der Waals surface area contributed by atoms with Crippen LogP contribution in [-0.4, -0.2) is 28.1 Å². The van der Waals surface area contributed by atoms with Crippen LogP contribution in [0.25, 0.3) is 6.08 Å². The molecule has 0 N–H and O–H groups in total. The molecule has 20 heavy (non-hydrogen) atoms. The number of carbonyl (C=O) groups excluding carboxylic acids is 1. The van der Waals surface area contributed by atoms with Gasteiger partial charge in [0.15, 0.2) is 5.17 Å². The zero-order chi connectivity index (χ0) is 14.9. The molecule has 0 radical (unpaired) electrons. The molecular formula is C15H20N2OS2. The molecule has 0 bridgehead atoms. The Morgan fingerprint density at radius 3 is 2.50 bits per heavy atom. The Balaban J connectivity index is 2.37. The van der Waals surface area contributed by atoms with Gasteiger partial charge in [-0.25, -0.2) is 0 Å². The average molecular weight is 308 g/mol. The van der Waals surface area contributed by atoms with E-state index in [4.69, 9.17) is 0 Å². The van der Waals surface area contributed by atoms with Crippen LogP contribution in [0.5, 0.6) is 0 Å². The number of amidine groups is 1. The quantitative estimate of drug-likeness (QED) is 0.786. The van der Waals surface area contributed by atoms with Gasteiger partial charge in [-0.05, 0) is 69.5 Å². The van der Waals surface area contributed by atoms with E-state index in [9.17, 15) is 4.79 Å². The molecule has 1 aliphatic heterocycles. The summed E-state index contributed by atoms with van der Waals surface area (Å²) in [6.07, 6.45) is 1.99. The Hall–Kier alpha value is -1.07. The summed E-state index contributed by atoms with van der Waals surface area (Å²) in [5.74, 6) is 0.0669. The number of aliphatic imine (C=N–C) groups is 1. The van der Waals surface area contributed by atoms with E-state index in [0.717, 1.165) is 14.9 Å². The first kappa shape index (κ1) is 15.3. The second kappa shape index (κ2) is 6.14. The summed E-state index contributed by atoms with van der Waals surface area (Å²) in [6.45, 7) is 10.2. The van der Waals surface area contributed by atoms with Crippen LogP contribution < -0.4 is 0 Å².